The first-order chi connectivity index (χ1) is 50.5. The van der Waals surface area contributed by atoms with Gasteiger partial charge in [-0.05, 0) is 199 Å². The topological polar surface area (TPSA) is 258 Å². The third-order valence-electron chi connectivity index (χ3n) is 20.9. The number of esters is 3. The second kappa shape index (κ2) is 39.0. The monoisotopic (exact) mass is 1510 g/mol. The molecule has 4 fully saturated rings. The minimum Gasteiger partial charge on any atom is -0.870 e. The summed E-state index contributed by atoms with van der Waals surface area (Å²) in [5, 5.41) is 31.0. The Morgan fingerprint density at radius 3 is 1.11 bits per heavy atom. The number of hydrogen-bond acceptors (Lipinski definition) is 14. The number of carbonyl (C=O) groups excluding carboxylic acids is 3. The minimum absolute atomic E-state index is 0. The Morgan fingerprint density at radius 1 is 0.425 bits per heavy atom. The molecule has 19 nitrogen and oxygen atoms in total. The van der Waals surface area contributed by atoms with E-state index in [0.29, 0.717) is 66.0 Å². The number of aromatic carboxylic acids is 1. The third-order valence-corrected chi connectivity index (χ3v) is 21.9. The second-order valence-electron chi connectivity index (χ2n) is 27.7. The Labute approximate surface area is 652 Å². The number of carboxylic acids is 1. The molecule has 22 heteroatoms. The van der Waals surface area contributed by atoms with Crippen LogP contribution in [-0.2, 0) is 42.4 Å². The molecule has 3 aromatic carbocycles. The van der Waals surface area contributed by atoms with Gasteiger partial charge in [-0.25, -0.2) is 39.1 Å². The normalized spacial score (nSPS) is 14.9. The van der Waals surface area contributed by atoms with Crippen molar-refractivity contribution in [2.75, 3.05) is 19.8 Å². The van der Waals surface area contributed by atoms with Gasteiger partial charge in [-0.1, -0.05) is 168 Å². The summed E-state index contributed by atoms with van der Waals surface area (Å²) in [4.78, 5) is 65.4. The molecule has 0 aliphatic heterocycles. The Balaban J connectivity index is 0.000000157. The quantitative estimate of drug-likeness (QED) is 0.0519. The van der Waals surface area contributed by atoms with Gasteiger partial charge in [-0.3, -0.25) is 0 Å². The van der Waals surface area contributed by atoms with Crippen molar-refractivity contribution in [1.29, 1.82) is 0 Å². The van der Waals surface area contributed by atoms with Gasteiger partial charge in [0.15, 0.2) is 22.8 Å². The van der Waals surface area contributed by atoms with Crippen molar-refractivity contribution in [1.82, 2.24) is 38.2 Å². The van der Waals surface area contributed by atoms with Gasteiger partial charge in [0.25, 0.3) is 0 Å². The Kier molecular flexibility index (Phi) is 30.1. The molecule has 8 aromatic heterocycles. The van der Waals surface area contributed by atoms with E-state index in [-0.39, 0.29) is 58.6 Å². The van der Waals surface area contributed by atoms with Gasteiger partial charge in [0.1, 0.15) is 22.6 Å². The fourth-order valence-electron chi connectivity index (χ4n) is 16.0. The molecule has 15 rings (SSSR count). The molecule has 0 spiro atoms. The number of fused-ring (bicyclic) bond motifs is 4. The molecule has 4 N–H and O–H groups in total. The van der Waals surface area contributed by atoms with Crippen molar-refractivity contribution in [3.63, 3.8) is 0 Å². The average molecular weight is 1510 g/mol. The van der Waals surface area contributed by atoms with E-state index in [9.17, 15) is 24.3 Å². The van der Waals surface area contributed by atoms with Crippen LogP contribution in [0.5, 0.6) is 0 Å². The number of ether oxygens (including phenoxy) is 3. The SMILES string of the molecule is CCOC(=O)c1ccc2c(C3CCCCC3)c(-c3ccccc3)n(C)c2n1.CCOC(=O)c1ccc2c(C3CCCCC3)c(Br)n(C)c2n1.CCOC(=O)c1ccc2c(C3CCCCC3)cn(C)c2n1.Cn1c(-c2ccccc2)c(C2CCCCC2)c2ccc(C(=O)O)nc21.OB(O)c1ccccc1.[Na+].[OH-]. The summed E-state index contributed by atoms with van der Waals surface area (Å²) in [5.74, 6) is 0.239. The van der Waals surface area contributed by atoms with Gasteiger partial charge in [0.05, 0.1) is 35.8 Å². The number of nitrogens with zero attached hydrogens (tertiary/aromatic N) is 8. The summed E-state index contributed by atoms with van der Waals surface area (Å²) >= 11 is 3.73. The molecule has 4 aliphatic carbocycles. The second-order valence-corrected chi connectivity index (χ2v) is 28.4. The first-order valence-corrected chi connectivity index (χ1v) is 38.2. The number of pyridine rings is 4. The molecule has 4 aliphatic rings. The molecule has 0 bridgehead atoms. The predicted octanol–water partition coefficient (Wildman–Crippen LogP) is 15.0. The zero-order valence-electron chi connectivity index (χ0n) is 62.6. The fraction of sp³-hybridized carbons (Fsp3) is 0.405. The van der Waals surface area contributed by atoms with Crippen LogP contribution in [0, 0.1) is 0 Å². The molecule has 0 unspecified atom stereocenters. The van der Waals surface area contributed by atoms with Gasteiger partial charge >= 0.3 is 60.6 Å². The zero-order valence-corrected chi connectivity index (χ0v) is 66.2. The molecule has 0 saturated heterocycles. The number of carboxylic acid groups (broad SMARTS) is 1. The van der Waals surface area contributed by atoms with Gasteiger partial charge in [0, 0.05) is 55.9 Å². The van der Waals surface area contributed by atoms with Crippen LogP contribution >= 0.6 is 15.9 Å². The molecule has 106 heavy (non-hydrogen) atoms. The maximum atomic E-state index is 12.2. The van der Waals surface area contributed by atoms with Crippen molar-refractivity contribution in [2.24, 2.45) is 28.2 Å². The number of aryl methyl sites for hydroxylation is 4. The van der Waals surface area contributed by atoms with Gasteiger partial charge in [0.2, 0.25) is 0 Å². The van der Waals surface area contributed by atoms with E-state index >= 15 is 0 Å². The van der Waals surface area contributed by atoms with Crippen molar-refractivity contribution in [2.45, 2.75) is 173 Å². The van der Waals surface area contributed by atoms with Crippen LogP contribution in [-0.4, -0.2) is 110 Å². The molecule has 8 heterocycles. The summed E-state index contributed by atoms with van der Waals surface area (Å²) < 4.78 is 24.6. The van der Waals surface area contributed by atoms with Crippen LogP contribution in [0.1, 0.15) is 237 Å². The number of aromatic nitrogens is 8. The standard InChI is InChI=1S/C23H26N2O2.C21H22N2O2.C17H21BrN2O2.C17H22N2O2.C6H7BO2.Na.H2O/c1-3-27-23(26)19-15-14-18-20(16-10-6-4-7-11-16)21(25(2)22(18)24-19)17-12-8-5-9-13-17;1-23-19(15-10-6-3-7-11-15)18(14-8-4-2-5-9-14)16-12-13-17(21(24)25)22-20(16)23;1-3-22-17(21)13-10-9-12-14(11-7-5-4-6-8-11)15(18)20(2)16(12)19-13;1-3-21-17(20)15-10-9-13-14(11-19(2)16(13)18-15)12-7-5-4-6-8-12;8-7(9)6-4-2-1-3-5-6;;/h5,8-9,12-16H,3-4,6-7,10-11H2,1-2H3;3,6-7,10-14H,2,4-5,8-9H2,1H3,(H,24,25);9-11H,3-8H2,1-2H3;9-12H,3-8H2,1-2H3;1-5,8-9H;;1H2/q;;;;;+1;/p-1. The van der Waals surface area contributed by atoms with Crippen LogP contribution in [0.2, 0.25) is 0 Å². The van der Waals surface area contributed by atoms with Crippen LogP contribution in [0.25, 0.3) is 66.6 Å². The van der Waals surface area contributed by atoms with Gasteiger partial charge in [-0.15, -0.1) is 0 Å². The molecule has 0 amide bonds. The summed E-state index contributed by atoms with van der Waals surface area (Å²) in [6.45, 7) is 6.51. The van der Waals surface area contributed by atoms with Crippen molar-refractivity contribution < 1.29 is 83.6 Å². The Hall–Kier alpha value is -8.28. The number of rotatable bonds is 14. The summed E-state index contributed by atoms with van der Waals surface area (Å²) in [5.41, 5.74) is 15.3. The zero-order chi connectivity index (χ0) is 73.4. The van der Waals surface area contributed by atoms with E-state index in [1.54, 1.807) is 62.4 Å². The van der Waals surface area contributed by atoms with Crippen molar-refractivity contribution >= 4 is 96.5 Å². The van der Waals surface area contributed by atoms with Crippen molar-refractivity contribution in [3.05, 3.63) is 195 Å². The van der Waals surface area contributed by atoms with Crippen LogP contribution in [0.3, 0.4) is 0 Å². The van der Waals surface area contributed by atoms with Crippen LogP contribution < -0.4 is 35.0 Å². The molecular formula is C84H99BBrN8NaO11. The average Bonchev–Trinajstić information content (AvgIpc) is 1.62. The molecule has 0 radical (unpaired) electrons. The number of halogens is 1. The fourth-order valence-corrected chi connectivity index (χ4v) is 16.7. The van der Waals surface area contributed by atoms with E-state index in [1.165, 1.54) is 179 Å². The Morgan fingerprint density at radius 2 is 0.745 bits per heavy atom. The summed E-state index contributed by atoms with van der Waals surface area (Å²) in [6.07, 6.45) is 27.6. The molecule has 4 saturated carbocycles. The molecule has 11 aromatic rings. The summed E-state index contributed by atoms with van der Waals surface area (Å²) in [6, 6.07) is 44.6. The Bertz CT molecular complexity index is 4750. The summed E-state index contributed by atoms with van der Waals surface area (Å²) in [7, 11) is 6.69. The third kappa shape index (κ3) is 19.0. The number of carbonyl (C=O) groups is 4. The van der Waals surface area contributed by atoms with Gasteiger partial charge in [-0.2, -0.15) is 0 Å². The molecule has 552 valence electrons. The maximum Gasteiger partial charge on any atom is 1.00 e. The van der Waals surface area contributed by atoms with Crippen molar-refractivity contribution in [3.8, 4) is 22.5 Å². The smallest absolute Gasteiger partial charge is 0.870 e. The molecular weight excluding hydrogens is 1410 g/mol. The van der Waals surface area contributed by atoms with E-state index in [2.05, 4.69) is 101 Å². The van der Waals surface area contributed by atoms with E-state index < -0.39 is 13.1 Å². The number of hydrogen-bond donors (Lipinski definition) is 3. The predicted molar refractivity (Wildman–Crippen MR) is 418 cm³/mol. The van der Waals surface area contributed by atoms with Gasteiger partial charge < -0.3 is 53.1 Å². The van der Waals surface area contributed by atoms with Crippen LogP contribution in [0.15, 0.2) is 150 Å². The van der Waals surface area contributed by atoms with E-state index in [4.69, 9.17) is 24.3 Å². The van der Waals surface area contributed by atoms with Crippen LogP contribution in [0.4, 0.5) is 0 Å². The first kappa shape index (κ1) is 81.8. The van der Waals surface area contributed by atoms with E-state index in [0.717, 1.165) is 43.4 Å². The van der Waals surface area contributed by atoms with E-state index in [1.807, 2.05) is 85.7 Å². The maximum absolute atomic E-state index is 12.2. The number of benzene rings is 3. The largest absolute Gasteiger partial charge is 1.00 e. The minimum atomic E-state index is -1.34. The molecule has 0 atom stereocenters. The first-order valence-electron chi connectivity index (χ1n) is 37.4.